The van der Waals surface area contributed by atoms with Gasteiger partial charge in [0.15, 0.2) is 0 Å². The van der Waals surface area contributed by atoms with Gasteiger partial charge in [-0.25, -0.2) is 9.37 Å². The van der Waals surface area contributed by atoms with Gasteiger partial charge in [0.05, 0.1) is 19.2 Å². The Hall–Kier alpha value is -3.45. The Kier molecular flexibility index (Phi) is 9.55. The first kappa shape index (κ1) is 29.1. The van der Waals surface area contributed by atoms with Gasteiger partial charge in [0.25, 0.3) is 0 Å². The zero-order chi connectivity index (χ0) is 28.8. The van der Waals surface area contributed by atoms with E-state index in [-0.39, 0.29) is 11.9 Å². The third-order valence-corrected chi connectivity index (χ3v) is 8.46. The fourth-order valence-electron chi connectivity index (χ4n) is 5.59. The molecule has 2 fully saturated rings. The maximum Gasteiger partial charge on any atom is 0.306 e. The van der Waals surface area contributed by atoms with E-state index in [1.807, 2.05) is 24.3 Å². The number of methoxy groups -OCH3 is 1. The number of ether oxygens (including phenoxy) is 2. The van der Waals surface area contributed by atoms with Crippen molar-refractivity contribution in [3.8, 4) is 22.8 Å². The summed E-state index contributed by atoms with van der Waals surface area (Å²) < 4.78 is 26.6. The average molecular weight is 561 g/mol. The molecule has 3 aromatic rings. The molecule has 41 heavy (non-hydrogen) atoms. The molecule has 0 bridgehead atoms. The van der Waals surface area contributed by atoms with Gasteiger partial charge in [-0.05, 0) is 79.1 Å². The molecule has 1 N–H and O–H groups in total. The van der Waals surface area contributed by atoms with Crippen LogP contribution in [0.15, 0.2) is 48.7 Å². The Morgan fingerprint density at radius 3 is 2.51 bits per heavy atom. The van der Waals surface area contributed by atoms with E-state index in [9.17, 15) is 14.3 Å². The highest BCUT2D eigenvalue weighted by molar-refractivity contribution is 5.70. The molecule has 0 amide bonds. The van der Waals surface area contributed by atoms with Gasteiger partial charge in [-0.3, -0.25) is 9.69 Å². The van der Waals surface area contributed by atoms with Gasteiger partial charge in [-0.1, -0.05) is 62.9 Å². The normalized spacial score (nSPS) is 18.8. The number of carboxylic acids is 1. The summed E-state index contributed by atoms with van der Waals surface area (Å²) in [6, 6.07) is 13.9. The van der Waals surface area contributed by atoms with Crippen molar-refractivity contribution in [3.63, 3.8) is 0 Å². The second-order valence-electron chi connectivity index (χ2n) is 11.6. The largest absolute Gasteiger partial charge is 0.485 e. The fourth-order valence-corrected chi connectivity index (χ4v) is 5.59. The van der Waals surface area contributed by atoms with E-state index in [1.165, 1.54) is 51.8 Å². The summed E-state index contributed by atoms with van der Waals surface area (Å²) in [7, 11) is 1.53. The van der Waals surface area contributed by atoms with Gasteiger partial charge in [0.2, 0.25) is 5.88 Å². The molecule has 3 aliphatic rings. The molecule has 6 nitrogen and oxygen atoms in total. The Morgan fingerprint density at radius 1 is 1.07 bits per heavy atom. The van der Waals surface area contributed by atoms with Crippen LogP contribution in [0.1, 0.15) is 80.2 Å². The van der Waals surface area contributed by atoms with Crippen molar-refractivity contribution in [2.24, 2.45) is 5.92 Å². The minimum absolute atomic E-state index is 0.122. The average Bonchev–Trinajstić information content (AvgIpc) is 3.45. The number of aromatic nitrogens is 1. The van der Waals surface area contributed by atoms with Crippen LogP contribution in [0.3, 0.4) is 0 Å². The van der Waals surface area contributed by atoms with E-state index in [0.29, 0.717) is 17.9 Å². The SMILES string of the molecule is C1CCC1.COc1cc(-c2ccc(C3CCc4ccc(CC(C)C(=O)O)cc4O3)cc2CN2CCCC2)c(F)cn1. The lowest BCUT2D eigenvalue weighted by molar-refractivity contribution is -0.141. The number of nitrogens with zero attached hydrogens (tertiary/aromatic N) is 2. The Balaban J connectivity index is 0.000000777. The molecule has 2 unspecified atom stereocenters. The maximum absolute atomic E-state index is 14.9. The lowest BCUT2D eigenvalue weighted by Gasteiger charge is -2.28. The van der Waals surface area contributed by atoms with Gasteiger partial charge in [-0.15, -0.1) is 0 Å². The van der Waals surface area contributed by atoms with Crippen molar-refractivity contribution in [2.45, 2.75) is 77.4 Å². The van der Waals surface area contributed by atoms with Crippen LogP contribution >= 0.6 is 0 Å². The Bertz CT molecular complexity index is 1350. The summed E-state index contributed by atoms with van der Waals surface area (Å²) in [6.07, 6.45) is 11.6. The molecule has 3 heterocycles. The minimum Gasteiger partial charge on any atom is -0.485 e. The number of likely N-dealkylation sites (tertiary alicyclic amines) is 1. The molecule has 1 aliphatic carbocycles. The lowest BCUT2D eigenvalue weighted by atomic mass is 9.91. The first-order chi connectivity index (χ1) is 19.9. The van der Waals surface area contributed by atoms with Crippen LogP contribution in [0.25, 0.3) is 11.1 Å². The van der Waals surface area contributed by atoms with Crippen molar-refractivity contribution < 1.29 is 23.8 Å². The van der Waals surface area contributed by atoms with Crippen molar-refractivity contribution in [1.29, 1.82) is 0 Å². The van der Waals surface area contributed by atoms with Crippen LogP contribution in [0.2, 0.25) is 0 Å². The van der Waals surface area contributed by atoms with Gasteiger partial charge >= 0.3 is 5.97 Å². The van der Waals surface area contributed by atoms with E-state index in [1.54, 1.807) is 13.0 Å². The first-order valence-electron chi connectivity index (χ1n) is 15.0. The molecule has 1 aromatic heterocycles. The third kappa shape index (κ3) is 7.25. The first-order valence-corrected chi connectivity index (χ1v) is 15.0. The van der Waals surface area contributed by atoms with Crippen molar-refractivity contribution >= 4 is 5.97 Å². The fraction of sp³-hybridized carbons (Fsp3) is 0.471. The smallest absolute Gasteiger partial charge is 0.306 e. The highest BCUT2D eigenvalue weighted by Gasteiger charge is 2.25. The second kappa shape index (κ2) is 13.5. The molecule has 2 aromatic carbocycles. The molecule has 6 rings (SSSR count). The monoisotopic (exact) mass is 560 g/mol. The predicted molar refractivity (Wildman–Crippen MR) is 158 cm³/mol. The van der Waals surface area contributed by atoms with Crippen LogP contribution in [-0.2, 0) is 24.2 Å². The minimum atomic E-state index is -0.801. The summed E-state index contributed by atoms with van der Waals surface area (Å²) >= 11 is 0. The molecular weight excluding hydrogens is 519 g/mol. The number of fused-ring (bicyclic) bond motifs is 1. The third-order valence-electron chi connectivity index (χ3n) is 8.46. The van der Waals surface area contributed by atoms with Crippen LogP contribution in [-0.4, -0.2) is 41.2 Å². The van der Waals surface area contributed by atoms with E-state index in [0.717, 1.165) is 66.0 Å². The molecule has 2 aliphatic heterocycles. The molecule has 1 saturated heterocycles. The van der Waals surface area contributed by atoms with Gasteiger partial charge in [0, 0.05) is 18.2 Å². The number of rotatable bonds is 8. The molecule has 0 spiro atoms. The summed E-state index contributed by atoms with van der Waals surface area (Å²) in [4.78, 5) is 17.7. The molecule has 2 atom stereocenters. The molecule has 1 saturated carbocycles. The van der Waals surface area contributed by atoms with E-state index in [2.05, 4.69) is 22.0 Å². The molecular formula is C34H41FN2O4. The van der Waals surface area contributed by atoms with Crippen LogP contribution < -0.4 is 9.47 Å². The predicted octanol–water partition coefficient (Wildman–Crippen LogP) is 7.38. The molecule has 7 heteroatoms. The van der Waals surface area contributed by atoms with Gasteiger partial charge < -0.3 is 14.6 Å². The van der Waals surface area contributed by atoms with E-state index < -0.39 is 11.9 Å². The number of carbonyl (C=O) groups is 1. The number of benzene rings is 2. The van der Waals surface area contributed by atoms with Crippen LogP contribution in [0.4, 0.5) is 4.39 Å². The highest BCUT2D eigenvalue weighted by Crippen LogP contribution is 2.38. The summed E-state index contributed by atoms with van der Waals surface area (Å²) in [5.41, 5.74) is 5.55. The quantitative estimate of drug-likeness (QED) is 0.310. The van der Waals surface area contributed by atoms with Crippen LogP contribution in [0, 0.1) is 11.7 Å². The number of carboxylic acid groups (broad SMARTS) is 1. The number of hydrogen-bond acceptors (Lipinski definition) is 5. The van der Waals surface area contributed by atoms with Crippen molar-refractivity contribution in [3.05, 3.63) is 76.7 Å². The van der Waals surface area contributed by atoms with Crippen molar-refractivity contribution in [1.82, 2.24) is 9.88 Å². The summed E-state index contributed by atoms with van der Waals surface area (Å²) in [5.74, 6) is -0.424. The zero-order valence-corrected chi connectivity index (χ0v) is 24.2. The Morgan fingerprint density at radius 2 is 1.83 bits per heavy atom. The van der Waals surface area contributed by atoms with Crippen LogP contribution in [0.5, 0.6) is 11.6 Å². The molecule has 0 radical (unpaired) electrons. The number of aliphatic carboxylic acids is 1. The van der Waals surface area contributed by atoms with Gasteiger partial charge in [-0.2, -0.15) is 0 Å². The zero-order valence-electron chi connectivity index (χ0n) is 24.2. The summed E-state index contributed by atoms with van der Waals surface area (Å²) in [6.45, 7) is 4.54. The molecule has 218 valence electrons. The topological polar surface area (TPSA) is 71.9 Å². The lowest BCUT2D eigenvalue weighted by Crippen LogP contribution is -2.20. The standard InChI is InChI=1S/C30H33FN2O4.C4H8/c1-19(30(34)35)13-20-5-6-21-8-10-27(37-28(21)14-20)22-7-9-24(23(15-22)18-33-11-3-4-12-33)25-16-29(36-2)32-17-26(25)31;1-2-4-3-1/h5-7,9,14-17,19,27H,3-4,8,10-13,18H2,1-2H3,(H,34,35);1-4H2. The van der Waals surface area contributed by atoms with Crippen molar-refractivity contribution in [2.75, 3.05) is 20.2 Å². The number of pyridine rings is 1. The summed E-state index contributed by atoms with van der Waals surface area (Å²) in [5, 5.41) is 9.28. The van der Waals surface area contributed by atoms with Gasteiger partial charge in [0.1, 0.15) is 17.7 Å². The second-order valence-corrected chi connectivity index (χ2v) is 11.6. The maximum atomic E-state index is 14.9. The number of halogens is 1. The number of aryl methyl sites for hydroxylation is 1. The number of hydrogen-bond donors (Lipinski definition) is 1. The highest BCUT2D eigenvalue weighted by atomic mass is 19.1. The Labute approximate surface area is 242 Å². The van der Waals surface area contributed by atoms with E-state index in [4.69, 9.17) is 9.47 Å². The van der Waals surface area contributed by atoms with E-state index >= 15 is 0 Å².